The molecule has 0 spiro atoms. The molecule has 122 valence electrons. The molecule has 0 bridgehead atoms. The molecule has 5 nitrogen and oxygen atoms in total. The van der Waals surface area contributed by atoms with Crippen LogP contribution < -0.4 is 10.6 Å². The molecule has 2 rings (SSSR count). The topological polar surface area (TPSA) is 48.9 Å². The number of ether oxygens (including phenoxy) is 1. The highest BCUT2D eigenvalue weighted by molar-refractivity contribution is 5.79. The van der Waals surface area contributed by atoms with E-state index < -0.39 is 0 Å². The molecule has 0 aromatic rings. The lowest BCUT2D eigenvalue weighted by molar-refractivity contribution is 0.114. The molecule has 2 N–H and O–H groups in total. The highest BCUT2D eigenvalue weighted by Crippen LogP contribution is 2.19. The first kappa shape index (κ1) is 16.6. The number of guanidine groups is 1. The summed E-state index contributed by atoms with van der Waals surface area (Å²) in [5, 5.41) is 6.81. The Hall–Kier alpha value is -0.810. The molecule has 2 heterocycles. The summed E-state index contributed by atoms with van der Waals surface area (Å²) in [5.74, 6) is 1.79. The van der Waals surface area contributed by atoms with Crippen molar-refractivity contribution in [3.8, 4) is 0 Å². The van der Waals surface area contributed by atoms with Gasteiger partial charge in [-0.25, -0.2) is 0 Å². The Morgan fingerprint density at radius 1 is 1.24 bits per heavy atom. The van der Waals surface area contributed by atoms with E-state index in [2.05, 4.69) is 27.4 Å². The van der Waals surface area contributed by atoms with E-state index in [0.717, 1.165) is 31.6 Å². The van der Waals surface area contributed by atoms with E-state index in [1.54, 1.807) is 0 Å². The summed E-state index contributed by atoms with van der Waals surface area (Å²) in [6.45, 7) is 8.79. The fourth-order valence-corrected chi connectivity index (χ4v) is 3.22. The average Bonchev–Trinajstić information content (AvgIpc) is 3.04. The number of hydrogen-bond acceptors (Lipinski definition) is 3. The molecule has 0 saturated carbocycles. The molecule has 1 atom stereocenters. The number of aliphatic imine (C=N–C) groups is 1. The minimum Gasteiger partial charge on any atom is -0.376 e. The van der Waals surface area contributed by atoms with E-state index in [4.69, 9.17) is 4.74 Å². The van der Waals surface area contributed by atoms with E-state index in [0.29, 0.717) is 6.10 Å². The molecular weight excluding hydrogens is 264 g/mol. The highest BCUT2D eigenvalue weighted by Gasteiger charge is 2.18. The van der Waals surface area contributed by atoms with Gasteiger partial charge in [0.25, 0.3) is 0 Å². The largest absolute Gasteiger partial charge is 0.376 e. The molecule has 0 aliphatic carbocycles. The lowest BCUT2D eigenvalue weighted by Gasteiger charge is -2.31. The Labute approximate surface area is 129 Å². The van der Waals surface area contributed by atoms with E-state index in [9.17, 15) is 0 Å². The Morgan fingerprint density at radius 2 is 2.05 bits per heavy atom. The maximum absolute atomic E-state index is 5.62. The SMILES string of the molecule is CCN1CCC(CCNC(=NC)NCC2CCCO2)CC1. The van der Waals surface area contributed by atoms with Crippen molar-refractivity contribution in [1.82, 2.24) is 15.5 Å². The molecule has 0 amide bonds. The molecule has 0 radical (unpaired) electrons. The average molecular weight is 296 g/mol. The Bertz CT molecular complexity index is 307. The van der Waals surface area contributed by atoms with E-state index >= 15 is 0 Å². The van der Waals surface area contributed by atoms with Gasteiger partial charge in [-0.2, -0.15) is 0 Å². The minimum absolute atomic E-state index is 0.363. The van der Waals surface area contributed by atoms with Crippen LogP contribution in [0, 0.1) is 5.92 Å². The standard InChI is InChI=1S/C16H32N4O/c1-3-20-10-7-14(8-11-20)6-9-18-16(17-2)19-13-15-5-4-12-21-15/h14-15H,3-13H2,1-2H3,(H2,17,18,19). The molecule has 2 fully saturated rings. The zero-order valence-electron chi connectivity index (χ0n) is 13.7. The number of likely N-dealkylation sites (tertiary alicyclic amines) is 1. The zero-order chi connectivity index (χ0) is 14.9. The van der Waals surface area contributed by atoms with Gasteiger partial charge in [0, 0.05) is 26.7 Å². The first-order valence-corrected chi connectivity index (χ1v) is 8.60. The molecule has 2 saturated heterocycles. The number of piperidine rings is 1. The van der Waals surface area contributed by atoms with Gasteiger partial charge in [0.05, 0.1) is 6.10 Å². The van der Waals surface area contributed by atoms with Crippen LogP contribution in [-0.4, -0.2) is 63.3 Å². The molecule has 2 aliphatic heterocycles. The molecular formula is C16H32N4O. The molecule has 1 unspecified atom stereocenters. The van der Waals surface area contributed by atoms with Crippen LogP contribution in [0.4, 0.5) is 0 Å². The van der Waals surface area contributed by atoms with E-state index in [-0.39, 0.29) is 0 Å². The third-order valence-corrected chi connectivity index (χ3v) is 4.74. The van der Waals surface area contributed by atoms with Crippen LogP contribution in [0.5, 0.6) is 0 Å². The van der Waals surface area contributed by atoms with Crippen LogP contribution >= 0.6 is 0 Å². The molecule has 21 heavy (non-hydrogen) atoms. The third-order valence-electron chi connectivity index (χ3n) is 4.74. The number of nitrogens with one attached hydrogen (secondary N) is 2. The second kappa shape index (κ2) is 9.26. The van der Waals surface area contributed by atoms with Crippen molar-refractivity contribution in [3.05, 3.63) is 0 Å². The smallest absolute Gasteiger partial charge is 0.191 e. The van der Waals surface area contributed by atoms with Gasteiger partial charge in [-0.05, 0) is 57.7 Å². The summed E-state index contributed by atoms with van der Waals surface area (Å²) in [7, 11) is 1.84. The van der Waals surface area contributed by atoms with Crippen LogP contribution in [-0.2, 0) is 4.74 Å². The van der Waals surface area contributed by atoms with Crippen molar-refractivity contribution in [2.45, 2.75) is 45.1 Å². The summed E-state index contributed by atoms with van der Waals surface area (Å²) >= 11 is 0. The van der Waals surface area contributed by atoms with Crippen molar-refractivity contribution in [3.63, 3.8) is 0 Å². The molecule has 0 aromatic heterocycles. The van der Waals surface area contributed by atoms with Crippen LogP contribution in [0.15, 0.2) is 4.99 Å². The number of rotatable bonds is 6. The molecule has 2 aliphatic rings. The van der Waals surface area contributed by atoms with Gasteiger partial charge in [0.2, 0.25) is 0 Å². The van der Waals surface area contributed by atoms with Crippen molar-refractivity contribution < 1.29 is 4.74 Å². The zero-order valence-corrected chi connectivity index (χ0v) is 13.7. The summed E-state index contributed by atoms with van der Waals surface area (Å²) in [6.07, 6.45) is 6.66. The van der Waals surface area contributed by atoms with Gasteiger partial charge in [-0.15, -0.1) is 0 Å². The van der Waals surface area contributed by atoms with Crippen molar-refractivity contribution in [2.24, 2.45) is 10.9 Å². The third kappa shape index (κ3) is 5.83. The van der Waals surface area contributed by atoms with Crippen LogP contribution in [0.3, 0.4) is 0 Å². The minimum atomic E-state index is 0.363. The summed E-state index contributed by atoms with van der Waals surface area (Å²) in [5.41, 5.74) is 0. The first-order chi connectivity index (χ1) is 10.3. The lowest BCUT2D eigenvalue weighted by Crippen LogP contribution is -2.42. The Balaban J connectivity index is 1.56. The molecule has 0 aromatic carbocycles. The van der Waals surface area contributed by atoms with E-state index in [1.807, 2.05) is 7.05 Å². The Kier molecular flexibility index (Phi) is 7.30. The van der Waals surface area contributed by atoms with Crippen LogP contribution in [0.25, 0.3) is 0 Å². The van der Waals surface area contributed by atoms with Crippen LogP contribution in [0.2, 0.25) is 0 Å². The van der Waals surface area contributed by atoms with Gasteiger partial charge in [0.1, 0.15) is 0 Å². The lowest BCUT2D eigenvalue weighted by atomic mass is 9.93. The van der Waals surface area contributed by atoms with Crippen LogP contribution in [0.1, 0.15) is 39.0 Å². The highest BCUT2D eigenvalue weighted by atomic mass is 16.5. The van der Waals surface area contributed by atoms with Gasteiger partial charge in [-0.3, -0.25) is 4.99 Å². The van der Waals surface area contributed by atoms with Gasteiger partial charge >= 0.3 is 0 Å². The van der Waals surface area contributed by atoms with E-state index in [1.165, 1.54) is 51.7 Å². The first-order valence-electron chi connectivity index (χ1n) is 8.60. The monoisotopic (exact) mass is 296 g/mol. The Morgan fingerprint density at radius 3 is 2.67 bits per heavy atom. The fraction of sp³-hybridized carbons (Fsp3) is 0.938. The number of nitrogens with zero attached hydrogens (tertiary/aromatic N) is 2. The predicted molar refractivity (Wildman–Crippen MR) is 87.8 cm³/mol. The fourth-order valence-electron chi connectivity index (χ4n) is 3.22. The maximum Gasteiger partial charge on any atom is 0.191 e. The van der Waals surface area contributed by atoms with Gasteiger partial charge in [-0.1, -0.05) is 6.92 Å². The van der Waals surface area contributed by atoms with Crippen molar-refractivity contribution in [1.29, 1.82) is 0 Å². The van der Waals surface area contributed by atoms with Crippen molar-refractivity contribution >= 4 is 5.96 Å². The predicted octanol–water partition coefficient (Wildman–Crippen LogP) is 1.45. The second-order valence-electron chi connectivity index (χ2n) is 6.18. The molecule has 5 heteroatoms. The normalized spacial score (nSPS) is 25.2. The summed E-state index contributed by atoms with van der Waals surface area (Å²) < 4.78 is 5.62. The summed E-state index contributed by atoms with van der Waals surface area (Å²) in [6, 6.07) is 0. The maximum atomic E-state index is 5.62. The quantitative estimate of drug-likeness (QED) is 0.575. The van der Waals surface area contributed by atoms with Gasteiger partial charge in [0.15, 0.2) is 5.96 Å². The summed E-state index contributed by atoms with van der Waals surface area (Å²) in [4.78, 5) is 6.84. The second-order valence-corrected chi connectivity index (χ2v) is 6.18. The van der Waals surface area contributed by atoms with Crippen molar-refractivity contribution in [2.75, 3.05) is 46.4 Å². The number of hydrogen-bond donors (Lipinski definition) is 2. The van der Waals surface area contributed by atoms with Gasteiger partial charge < -0.3 is 20.3 Å².